The van der Waals surface area contributed by atoms with Crippen LogP contribution in [0.5, 0.6) is 0 Å². The molecule has 4 bridgehead atoms. The maximum absolute atomic E-state index is 13.1. The van der Waals surface area contributed by atoms with Crippen molar-refractivity contribution in [3.63, 3.8) is 0 Å². The summed E-state index contributed by atoms with van der Waals surface area (Å²) in [4.78, 5) is 27.1. The van der Waals surface area contributed by atoms with Crippen LogP contribution >= 0.6 is 11.8 Å². The number of nitrogens with one attached hydrogen (secondary N) is 1. The van der Waals surface area contributed by atoms with Crippen LogP contribution in [-0.2, 0) is 9.59 Å². The molecule has 0 aromatic rings. The van der Waals surface area contributed by atoms with Crippen molar-refractivity contribution in [2.45, 2.75) is 82.2 Å². The SMILES string of the molecule is C[C@H](NC(=O)[C@@H]1CS[C@]2(C)CCC(=O)N12)C12CC3CC(CC(C3)C1)C2. The Bertz CT molecular complexity index is 586. The molecule has 1 N–H and O–H groups in total. The third-order valence-electron chi connectivity index (χ3n) is 8.11. The Morgan fingerprint density at radius 1 is 1.20 bits per heavy atom. The lowest BCUT2D eigenvalue weighted by Crippen LogP contribution is -2.59. The molecule has 6 fully saturated rings. The van der Waals surface area contributed by atoms with Crippen molar-refractivity contribution >= 4 is 23.6 Å². The molecule has 2 amide bonds. The van der Waals surface area contributed by atoms with Crippen LogP contribution in [0.4, 0.5) is 0 Å². The fraction of sp³-hybridized carbons (Fsp3) is 0.900. The highest BCUT2D eigenvalue weighted by molar-refractivity contribution is 8.01. The minimum Gasteiger partial charge on any atom is -0.351 e. The highest BCUT2D eigenvalue weighted by Crippen LogP contribution is 2.61. The Hall–Kier alpha value is -0.710. The third-order valence-corrected chi connectivity index (χ3v) is 9.62. The van der Waals surface area contributed by atoms with E-state index in [1.807, 2.05) is 4.90 Å². The van der Waals surface area contributed by atoms with E-state index in [-0.39, 0.29) is 28.8 Å². The van der Waals surface area contributed by atoms with Gasteiger partial charge in [0.05, 0.1) is 4.87 Å². The third kappa shape index (κ3) is 2.40. The molecule has 3 atom stereocenters. The lowest BCUT2D eigenvalue weighted by Gasteiger charge is -2.59. The second-order valence-corrected chi connectivity index (χ2v) is 11.3. The van der Waals surface area contributed by atoms with Gasteiger partial charge in [0.25, 0.3) is 0 Å². The van der Waals surface area contributed by atoms with E-state index in [1.54, 1.807) is 11.8 Å². The van der Waals surface area contributed by atoms with E-state index < -0.39 is 0 Å². The molecule has 0 radical (unpaired) electrons. The average Bonchev–Trinajstić information content (AvgIpc) is 3.03. The number of rotatable bonds is 3. The minimum absolute atomic E-state index is 0.0923. The fourth-order valence-electron chi connectivity index (χ4n) is 7.19. The topological polar surface area (TPSA) is 49.4 Å². The lowest BCUT2D eigenvalue weighted by atomic mass is 9.48. The molecule has 4 saturated carbocycles. The van der Waals surface area contributed by atoms with Gasteiger partial charge in [-0.15, -0.1) is 11.8 Å². The molecule has 0 aromatic heterocycles. The molecule has 2 heterocycles. The molecule has 4 nitrogen and oxygen atoms in total. The Balaban J connectivity index is 1.31. The standard InChI is InChI=1S/C20H30N2O2S/c1-12(20-8-13-5-14(9-20)7-15(6-13)10-20)21-18(24)16-11-25-19(2)4-3-17(23)22(16)19/h12-16H,3-11H2,1-2H3,(H,21,24)/t12-,13?,14?,15?,16-,19+,20?/m0/s1. The average molecular weight is 363 g/mol. The summed E-state index contributed by atoms with van der Waals surface area (Å²) < 4.78 is 0. The summed E-state index contributed by atoms with van der Waals surface area (Å²) in [5, 5.41) is 3.38. The number of carbonyl (C=O) groups excluding carboxylic acids is 2. The first kappa shape index (κ1) is 16.5. The van der Waals surface area contributed by atoms with E-state index >= 15 is 0 Å². The van der Waals surface area contributed by atoms with Gasteiger partial charge in [0.15, 0.2) is 0 Å². The Morgan fingerprint density at radius 3 is 2.40 bits per heavy atom. The van der Waals surface area contributed by atoms with Gasteiger partial charge in [0, 0.05) is 18.2 Å². The van der Waals surface area contributed by atoms with Gasteiger partial charge in [0.2, 0.25) is 11.8 Å². The van der Waals surface area contributed by atoms with Crippen molar-refractivity contribution in [2.24, 2.45) is 23.2 Å². The molecule has 0 aromatic carbocycles. The van der Waals surface area contributed by atoms with Gasteiger partial charge in [-0.05, 0) is 82.0 Å². The zero-order valence-corrected chi connectivity index (χ0v) is 16.2. The molecular formula is C20H30N2O2S. The number of hydrogen-bond acceptors (Lipinski definition) is 3. The minimum atomic E-state index is -0.263. The molecule has 138 valence electrons. The highest BCUT2D eigenvalue weighted by atomic mass is 32.2. The Morgan fingerprint density at radius 2 is 1.80 bits per heavy atom. The van der Waals surface area contributed by atoms with Crippen LogP contribution in [0.1, 0.15) is 65.2 Å². The van der Waals surface area contributed by atoms with Crippen LogP contribution in [0.15, 0.2) is 0 Å². The quantitative estimate of drug-likeness (QED) is 0.839. The molecule has 6 aliphatic rings. The lowest BCUT2D eigenvalue weighted by molar-refractivity contribution is -0.139. The zero-order valence-electron chi connectivity index (χ0n) is 15.4. The summed E-state index contributed by atoms with van der Waals surface area (Å²) >= 11 is 1.79. The van der Waals surface area contributed by atoms with Crippen LogP contribution in [0.25, 0.3) is 0 Å². The van der Waals surface area contributed by atoms with Crippen molar-refractivity contribution in [2.75, 3.05) is 5.75 Å². The Labute approximate surface area is 154 Å². The number of fused-ring (bicyclic) bond motifs is 1. The van der Waals surface area contributed by atoms with Gasteiger partial charge in [-0.1, -0.05) is 0 Å². The monoisotopic (exact) mass is 362 g/mol. The van der Waals surface area contributed by atoms with Crippen LogP contribution in [0.2, 0.25) is 0 Å². The van der Waals surface area contributed by atoms with Crippen molar-refractivity contribution in [3.8, 4) is 0 Å². The second kappa shape index (κ2) is 5.40. The van der Waals surface area contributed by atoms with Crippen molar-refractivity contribution in [3.05, 3.63) is 0 Å². The first-order valence-electron chi connectivity index (χ1n) is 10.2. The maximum atomic E-state index is 13.1. The number of amides is 2. The maximum Gasteiger partial charge on any atom is 0.243 e. The predicted octanol–water partition coefficient (Wildman–Crippen LogP) is 3.16. The van der Waals surface area contributed by atoms with Crippen molar-refractivity contribution in [1.29, 1.82) is 0 Å². The molecular weight excluding hydrogens is 332 g/mol. The largest absolute Gasteiger partial charge is 0.351 e. The van der Waals surface area contributed by atoms with Gasteiger partial charge >= 0.3 is 0 Å². The molecule has 5 heteroatoms. The molecule has 0 unspecified atom stereocenters. The first-order chi connectivity index (χ1) is 11.9. The van der Waals surface area contributed by atoms with Crippen LogP contribution in [-0.4, -0.2) is 39.4 Å². The molecule has 6 rings (SSSR count). The number of carbonyl (C=O) groups is 2. The van der Waals surface area contributed by atoms with Crippen molar-refractivity contribution in [1.82, 2.24) is 10.2 Å². The van der Waals surface area contributed by atoms with Gasteiger partial charge in [0.1, 0.15) is 6.04 Å². The van der Waals surface area contributed by atoms with Crippen molar-refractivity contribution < 1.29 is 9.59 Å². The van der Waals surface area contributed by atoms with E-state index in [2.05, 4.69) is 19.2 Å². The molecule has 2 aliphatic heterocycles. The molecule has 2 saturated heterocycles. The summed E-state index contributed by atoms with van der Waals surface area (Å²) in [6, 6.07) is -0.0238. The van der Waals surface area contributed by atoms with Gasteiger partial charge in [-0.2, -0.15) is 0 Å². The van der Waals surface area contributed by atoms with E-state index in [4.69, 9.17) is 0 Å². The fourth-order valence-corrected chi connectivity index (χ4v) is 8.62. The first-order valence-corrected chi connectivity index (χ1v) is 11.1. The van der Waals surface area contributed by atoms with Gasteiger partial charge < -0.3 is 10.2 Å². The molecule has 4 aliphatic carbocycles. The summed E-state index contributed by atoms with van der Waals surface area (Å²) in [7, 11) is 0. The van der Waals surface area contributed by atoms with Crippen LogP contribution in [0, 0.1) is 23.2 Å². The van der Waals surface area contributed by atoms with E-state index in [0.29, 0.717) is 11.8 Å². The van der Waals surface area contributed by atoms with E-state index in [1.165, 1.54) is 38.5 Å². The predicted molar refractivity (Wildman–Crippen MR) is 98.9 cm³/mol. The summed E-state index contributed by atoms with van der Waals surface area (Å²) in [6.07, 6.45) is 9.68. The Kier molecular flexibility index (Phi) is 3.56. The smallest absolute Gasteiger partial charge is 0.243 e. The molecule has 0 spiro atoms. The molecule has 25 heavy (non-hydrogen) atoms. The van der Waals surface area contributed by atoms with Gasteiger partial charge in [-0.3, -0.25) is 9.59 Å². The number of nitrogens with zero attached hydrogens (tertiary/aromatic N) is 1. The highest BCUT2D eigenvalue weighted by Gasteiger charge is 2.55. The van der Waals surface area contributed by atoms with E-state index in [9.17, 15) is 9.59 Å². The summed E-state index contributed by atoms with van der Waals surface area (Å²) in [5.74, 6) is 3.70. The normalized spacial score (nSPS) is 48.7. The zero-order chi connectivity index (χ0) is 17.4. The number of hydrogen-bond donors (Lipinski definition) is 1. The summed E-state index contributed by atoms with van der Waals surface area (Å²) in [5.41, 5.74) is 0.328. The van der Waals surface area contributed by atoms with Crippen LogP contribution < -0.4 is 5.32 Å². The number of thioether (sulfide) groups is 1. The van der Waals surface area contributed by atoms with Crippen LogP contribution in [0.3, 0.4) is 0 Å². The second-order valence-electron chi connectivity index (χ2n) is 9.78. The summed E-state index contributed by atoms with van der Waals surface area (Å²) in [6.45, 7) is 4.36. The van der Waals surface area contributed by atoms with Gasteiger partial charge in [-0.25, -0.2) is 0 Å². The van der Waals surface area contributed by atoms with E-state index in [0.717, 1.165) is 29.9 Å².